The van der Waals surface area contributed by atoms with Crippen molar-refractivity contribution in [2.24, 2.45) is 4.99 Å². The van der Waals surface area contributed by atoms with Gasteiger partial charge in [-0.25, -0.2) is 4.99 Å². The average molecular weight is 679 g/mol. The zero-order valence-corrected chi connectivity index (χ0v) is 31.6. The molecule has 50 heavy (non-hydrogen) atoms. The van der Waals surface area contributed by atoms with E-state index in [-0.39, 0.29) is 11.3 Å². The van der Waals surface area contributed by atoms with Crippen molar-refractivity contribution in [1.29, 1.82) is 0 Å². The highest BCUT2D eigenvalue weighted by Crippen LogP contribution is 2.40. The first-order chi connectivity index (χ1) is 24.5. The minimum absolute atomic E-state index is 0.0123. The smallest absolute Gasteiger partial charge is 0.247 e. The molecule has 1 unspecified atom stereocenters. The molecule has 5 rings (SSSR count). The van der Waals surface area contributed by atoms with Crippen molar-refractivity contribution < 1.29 is 4.79 Å². The molecule has 1 atom stereocenters. The Hall–Kier alpha value is -3.34. The highest BCUT2D eigenvalue weighted by molar-refractivity contribution is 5.98. The second-order valence-corrected chi connectivity index (χ2v) is 15.4. The van der Waals surface area contributed by atoms with E-state index in [0.29, 0.717) is 18.5 Å². The van der Waals surface area contributed by atoms with Crippen molar-refractivity contribution in [3.05, 3.63) is 77.9 Å². The van der Waals surface area contributed by atoms with E-state index in [9.17, 15) is 4.79 Å². The maximum absolute atomic E-state index is 14.4. The number of carbonyl (C=O) groups excluding carboxylic acids is 1. The van der Waals surface area contributed by atoms with E-state index in [0.717, 1.165) is 37.3 Å². The fraction of sp³-hybridized carbons (Fsp3) is 0.600. The normalized spacial score (nSPS) is 17.1. The highest BCUT2D eigenvalue weighted by atomic mass is 16.2. The van der Waals surface area contributed by atoms with E-state index in [1.165, 1.54) is 118 Å². The molecular formula is C45H66N4O. The molecule has 3 N–H and O–H groups in total. The first kappa shape index (κ1) is 37.9. The summed E-state index contributed by atoms with van der Waals surface area (Å²) >= 11 is 0. The molecule has 0 aliphatic heterocycles. The van der Waals surface area contributed by atoms with Crippen LogP contribution < -0.4 is 16.0 Å². The third-order valence-corrected chi connectivity index (χ3v) is 11.6. The number of fused-ring (bicyclic) bond motifs is 1. The van der Waals surface area contributed by atoms with Crippen LogP contribution in [-0.4, -0.2) is 30.0 Å². The van der Waals surface area contributed by atoms with Gasteiger partial charge in [-0.1, -0.05) is 152 Å². The van der Waals surface area contributed by atoms with Crippen LogP contribution in [0.3, 0.4) is 0 Å². The molecule has 5 nitrogen and oxygen atoms in total. The first-order valence-corrected chi connectivity index (χ1v) is 20.5. The number of aliphatic imine (C=N–C) groups is 1. The van der Waals surface area contributed by atoms with Gasteiger partial charge in [-0.3, -0.25) is 4.79 Å². The number of guanidine groups is 1. The summed E-state index contributed by atoms with van der Waals surface area (Å²) in [6, 6.07) is 24.1. The van der Waals surface area contributed by atoms with E-state index in [4.69, 9.17) is 4.99 Å². The van der Waals surface area contributed by atoms with Crippen molar-refractivity contribution in [2.75, 3.05) is 5.32 Å². The monoisotopic (exact) mass is 679 g/mol. The van der Waals surface area contributed by atoms with Crippen LogP contribution in [0.15, 0.2) is 71.7 Å². The van der Waals surface area contributed by atoms with Crippen LogP contribution >= 0.6 is 0 Å². The summed E-state index contributed by atoms with van der Waals surface area (Å²) in [7, 11) is 0. The summed E-state index contributed by atoms with van der Waals surface area (Å²) in [6.07, 6.45) is 23.9. The number of nitrogens with zero attached hydrogens (tertiary/aromatic N) is 1. The van der Waals surface area contributed by atoms with E-state index in [1.807, 2.05) is 0 Å². The van der Waals surface area contributed by atoms with Crippen LogP contribution in [0.1, 0.15) is 154 Å². The molecule has 272 valence electrons. The van der Waals surface area contributed by atoms with Gasteiger partial charge in [0.2, 0.25) is 5.91 Å². The van der Waals surface area contributed by atoms with E-state index >= 15 is 0 Å². The average Bonchev–Trinajstić information content (AvgIpc) is 3.15. The largest absolute Gasteiger partial charge is 0.354 e. The number of anilines is 1. The molecule has 0 aromatic heterocycles. The molecular weight excluding hydrogens is 613 g/mol. The molecule has 2 saturated carbocycles. The Balaban J connectivity index is 1.41. The second-order valence-electron chi connectivity index (χ2n) is 15.4. The standard InChI is InChI=1S/C45H66N4O/c1-4-7-31-45(32-8-5-2,33-9-6-3)37-27-29-40(30-28-37)46-43(50)42(34-36-21-18-20-35-19-16-17-26-41(35)36)49-44(47-38-22-12-10-13-23-38)48-39-24-14-11-15-25-39/h16-21,26-30,38-39,42H,4-15,22-25,31-34H2,1-3H3,(H,46,50)(H2,47,48,49). The van der Waals surface area contributed by atoms with E-state index in [1.54, 1.807) is 0 Å². The topological polar surface area (TPSA) is 65.5 Å². The maximum atomic E-state index is 14.4. The van der Waals surface area contributed by atoms with Crippen molar-refractivity contribution in [1.82, 2.24) is 10.6 Å². The van der Waals surface area contributed by atoms with Gasteiger partial charge >= 0.3 is 0 Å². The number of hydrogen-bond donors (Lipinski definition) is 3. The lowest BCUT2D eigenvalue weighted by atomic mass is 9.69. The maximum Gasteiger partial charge on any atom is 0.247 e. The van der Waals surface area contributed by atoms with Gasteiger partial charge in [0.05, 0.1) is 6.04 Å². The summed E-state index contributed by atoms with van der Waals surface area (Å²) < 4.78 is 0. The first-order valence-electron chi connectivity index (χ1n) is 20.5. The molecule has 0 heterocycles. The van der Waals surface area contributed by atoms with Gasteiger partial charge in [-0.15, -0.1) is 0 Å². The minimum Gasteiger partial charge on any atom is -0.354 e. The van der Waals surface area contributed by atoms with Gasteiger partial charge in [0, 0.05) is 18.2 Å². The van der Waals surface area contributed by atoms with Crippen LogP contribution in [0.2, 0.25) is 0 Å². The molecule has 2 aliphatic rings. The van der Waals surface area contributed by atoms with Crippen molar-refractivity contribution in [3.63, 3.8) is 0 Å². The van der Waals surface area contributed by atoms with Crippen LogP contribution in [-0.2, 0) is 16.6 Å². The van der Waals surface area contributed by atoms with Crippen molar-refractivity contribution in [3.8, 4) is 0 Å². The molecule has 3 aromatic rings. The molecule has 3 aromatic carbocycles. The van der Waals surface area contributed by atoms with Crippen molar-refractivity contribution in [2.45, 2.75) is 173 Å². The van der Waals surface area contributed by atoms with E-state index < -0.39 is 6.04 Å². The quantitative estimate of drug-likeness (QED) is 0.0983. The number of benzene rings is 3. The Bertz CT molecular complexity index is 1440. The number of rotatable bonds is 17. The summed E-state index contributed by atoms with van der Waals surface area (Å²) in [6.45, 7) is 6.92. The minimum atomic E-state index is -0.475. The molecule has 0 radical (unpaired) electrons. The highest BCUT2D eigenvalue weighted by Gasteiger charge is 2.31. The Morgan fingerprint density at radius 1 is 0.740 bits per heavy atom. The molecule has 0 spiro atoms. The number of amides is 1. The van der Waals surface area contributed by atoms with Gasteiger partial charge in [0.1, 0.15) is 6.04 Å². The zero-order chi connectivity index (χ0) is 35.0. The van der Waals surface area contributed by atoms with Gasteiger partial charge < -0.3 is 16.0 Å². The van der Waals surface area contributed by atoms with Crippen LogP contribution in [0.4, 0.5) is 5.69 Å². The predicted octanol–water partition coefficient (Wildman–Crippen LogP) is 11.4. The molecule has 0 saturated heterocycles. The zero-order valence-electron chi connectivity index (χ0n) is 31.6. The van der Waals surface area contributed by atoms with Crippen LogP contribution in [0.25, 0.3) is 10.8 Å². The number of carbonyl (C=O) groups is 1. The van der Waals surface area contributed by atoms with Gasteiger partial charge in [0.15, 0.2) is 5.96 Å². The second kappa shape index (κ2) is 19.9. The third-order valence-electron chi connectivity index (χ3n) is 11.6. The molecule has 5 heteroatoms. The molecule has 2 aliphatic carbocycles. The lowest BCUT2D eigenvalue weighted by Gasteiger charge is -2.35. The van der Waals surface area contributed by atoms with Crippen LogP contribution in [0.5, 0.6) is 0 Å². The Kier molecular flexibility index (Phi) is 15.1. The number of unbranched alkanes of at least 4 members (excludes halogenated alkanes) is 3. The van der Waals surface area contributed by atoms with Crippen molar-refractivity contribution >= 4 is 28.3 Å². The number of hydrogen-bond acceptors (Lipinski definition) is 2. The van der Waals surface area contributed by atoms with Gasteiger partial charge in [-0.05, 0) is 84.4 Å². The molecule has 2 fully saturated rings. The molecule has 0 bridgehead atoms. The van der Waals surface area contributed by atoms with Crippen LogP contribution in [0, 0.1) is 0 Å². The predicted molar refractivity (Wildman–Crippen MR) is 214 cm³/mol. The Morgan fingerprint density at radius 2 is 1.34 bits per heavy atom. The summed E-state index contributed by atoms with van der Waals surface area (Å²) in [5.74, 6) is 0.800. The SMILES string of the molecule is CCCCC(CCCC)(CCCC)c1ccc(NC(=O)C(Cc2cccc3ccccc23)NC(=NC2CCCCC2)NC2CCCCC2)cc1. The fourth-order valence-electron chi connectivity index (χ4n) is 8.50. The lowest BCUT2D eigenvalue weighted by molar-refractivity contribution is -0.117. The van der Waals surface area contributed by atoms with Gasteiger partial charge in [0.25, 0.3) is 0 Å². The Morgan fingerprint density at radius 3 is 1.98 bits per heavy atom. The summed E-state index contributed by atoms with van der Waals surface area (Å²) in [5.41, 5.74) is 3.70. The van der Waals surface area contributed by atoms with E-state index in [2.05, 4.69) is 103 Å². The summed E-state index contributed by atoms with van der Waals surface area (Å²) in [4.78, 5) is 19.7. The molecule has 1 amide bonds. The Labute approximate surface area is 303 Å². The third kappa shape index (κ3) is 10.8. The number of nitrogens with one attached hydrogen (secondary N) is 3. The summed E-state index contributed by atoms with van der Waals surface area (Å²) in [5, 5.41) is 13.3. The lowest BCUT2D eigenvalue weighted by Crippen LogP contribution is -2.53. The fourth-order valence-corrected chi connectivity index (χ4v) is 8.50. The van der Waals surface area contributed by atoms with Gasteiger partial charge in [-0.2, -0.15) is 0 Å².